The molecule has 0 atom stereocenters. The van der Waals surface area contributed by atoms with Crippen molar-refractivity contribution < 1.29 is 14.3 Å². The van der Waals surface area contributed by atoms with E-state index >= 15 is 0 Å². The van der Waals surface area contributed by atoms with Gasteiger partial charge in [-0.05, 0) is 31.4 Å². The molecule has 0 radical (unpaired) electrons. The first-order valence-electron chi connectivity index (χ1n) is 6.31. The molecular formula is C15H21NO3. The van der Waals surface area contributed by atoms with Gasteiger partial charge in [0.2, 0.25) is 5.91 Å². The van der Waals surface area contributed by atoms with Gasteiger partial charge in [-0.15, -0.1) is 0 Å². The van der Waals surface area contributed by atoms with Crippen LogP contribution in [0.15, 0.2) is 18.2 Å². The number of esters is 1. The van der Waals surface area contributed by atoms with Crippen LogP contribution in [0.5, 0.6) is 0 Å². The first-order chi connectivity index (χ1) is 8.93. The van der Waals surface area contributed by atoms with Crippen molar-refractivity contribution in [2.75, 3.05) is 20.7 Å². The predicted octanol–water partition coefficient (Wildman–Crippen LogP) is 1.87. The third-order valence-electron chi connectivity index (χ3n) is 3.17. The number of ether oxygens (including phenoxy) is 1. The summed E-state index contributed by atoms with van der Waals surface area (Å²) in [5.41, 5.74) is 3.67. The van der Waals surface area contributed by atoms with Crippen LogP contribution in [-0.2, 0) is 20.7 Å². The van der Waals surface area contributed by atoms with Crippen LogP contribution < -0.4 is 0 Å². The minimum atomic E-state index is -0.497. The molecule has 0 N–H and O–H groups in total. The molecule has 1 amide bonds. The summed E-state index contributed by atoms with van der Waals surface area (Å²) in [6.07, 6.45) is 0.594. The maximum atomic E-state index is 11.7. The number of carbonyl (C=O) groups excluding carboxylic acids is 2. The normalized spacial score (nSPS) is 10.1. The van der Waals surface area contributed by atoms with E-state index in [2.05, 4.69) is 36.8 Å². The Morgan fingerprint density at radius 2 is 1.95 bits per heavy atom. The fourth-order valence-electron chi connectivity index (χ4n) is 1.81. The van der Waals surface area contributed by atoms with Gasteiger partial charge in [0.15, 0.2) is 0 Å². The van der Waals surface area contributed by atoms with Crippen molar-refractivity contribution in [2.45, 2.75) is 26.7 Å². The minimum absolute atomic E-state index is 0.195. The Kier molecular flexibility index (Phi) is 5.55. The van der Waals surface area contributed by atoms with Gasteiger partial charge in [-0.1, -0.05) is 23.8 Å². The van der Waals surface area contributed by atoms with Crippen LogP contribution in [0.4, 0.5) is 0 Å². The van der Waals surface area contributed by atoms with Gasteiger partial charge in [0, 0.05) is 13.6 Å². The molecule has 1 aromatic rings. The second-order valence-electron chi connectivity index (χ2n) is 4.75. The fraction of sp³-hybridized carbons (Fsp3) is 0.467. The Hall–Kier alpha value is -1.84. The monoisotopic (exact) mass is 263 g/mol. The van der Waals surface area contributed by atoms with Crippen molar-refractivity contribution in [1.29, 1.82) is 0 Å². The molecule has 1 rings (SSSR count). The summed E-state index contributed by atoms with van der Waals surface area (Å²) in [6, 6.07) is 6.29. The number of likely N-dealkylation sites (N-methyl/N-ethyl adjacent to an activating group) is 1. The van der Waals surface area contributed by atoms with Gasteiger partial charge in [0.25, 0.3) is 0 Å². The molecule has 0 aliphatic heterocycles. The SMILES string of the molecule is COC(=O)CC(=O)N(C)CCc1cc(C)ccc1C. The molecular weight excluding hydrogens is 242 g/mol. The van der Waals surface area contributed by atoms with E-state index in [4.69, 9.17) is 0 Å². The topological polar surface area (TPSA) is 46.6 Å². The maximum absolute atomic E-state index is 11.7. The lowest BCUT2D eigenvalue weighted by atomic mass is 10.0. The van der Waals surface area contributed by atoms with E-state index in [1.807, 2.05) is 0 Å². The standard InChI is InChI=1S/C15H21NO3/c1-11-5-6-12(2)13(9-11)7-8-16(3)14(17)10-15(18)19-4/h5-6,9H,7-8,10H2,1-4H3. The first-order valence-corrected chi connectivity index (χ1v) is 6.31. The van der Waals surface area contributed by atoms with Crippen molar-refractivity contribution in [2.24, 2.45) is 0 Å². The molecule has 0 fully saturated rings. The molecule has 0 saturated carbocycles. The summed E-state index contributed by atoms with van der Waals surface area (Å²) >= 11 is 0. The number of aryl methyl sites for hydroxylation is 2. The van der Waals surface area contributed by atoms with Crippen LogP contribution in [0.3, 0.4) is 0 Å². The highest BCUT2D eigenvalue weighted by molar-refractivity contribution is 5.94. The second-order valence-corrected chi connectivity index (χ2v) is 4.75. The molecule has 0 saturated heterocycles. The highest BCUT2D eigenvalue weighted by Gasteiger charge is 2.14. The van der Waals surface area contributed by atoms with Gasteiger partial charge >= 0.3 is 5.97 Å². The Balaban J connectivity index is 2.54. The molecule has 0 unspecified atom stereocenters. The quantitative estimate of drug-likeness (QED) is 0.602. The summed E-state index contributed by atoms with van der Waals surface area (Å²) in [7, 11) is 2.99. The number of nitrogens with zero attached hydrogens (tertiary/aromatic N) is 1. The van der Waals surface area contributed by atoms with Gasteiger partial charge in [0.05, 0.1) is 7.11 Å². The number of benzene rings is 1. The zero-order valence-electron chi connectivity index (χ0n) is 12.0. The van der Waals surface area contributed by atoms with Crippen molar-refractivity contribution in [3.05, 3.63) is 34.9 Å². The van der Waals surface area contributed by atoms with Crippen LogP contribution in [0.1, 0.15) is 23.1 Å². The summed E-state index contributed by atoms with van der Waals surface area (Å²) < 4.78 is 4.48. The van der Waals surface area contributed by atoms with Crippen LogP contribution >= 0.6 is 0 Å². The Morgan fingerprint density at radius 3 is 2.58 bits per heavy atom. The zero-order valence-corrected chi connectivity index (χ0v) is 12.0. The largest absolute Gasteiger partial charge is 0.469 e. The van der Waals surface area contributed by atoms with E-state index in [0.29, 0.717) is 6.54 Å². The van der Waals surface area contributed by atoms with Crippen molar-refractivity contribution >= 4 is 11.9 Å². The summed E-state index contributed by atoms with van der Waals surface area (Å²) in [6.45, 7) is 4.71. The van der Waals surface area contributed by atoms with Gasteiger partial charge in [-0.25, -0.2) is 0 Å². The van der Waals surface area contributed by atoms with Crippen molar-refractivity contribution in [3.8, 4) is 0 Å². The zero-order chi connectivity index (χ0) is 14.4. The van der Waals surface area contributed by atoms with Gasteiger partial charge in [0.1, 0.15) is 6.42 Å². The molecule has 0 aliphatic rings. The smallest absolute Gasteiger partial charge is 0.315 e. The van der Waals surface area contributed by atoms with Crippen molar-refractivity contribution in [3.63, 3.8) is 0 Å². The average molecular weight is 263 g/mol. The lowest BCUT2D eigenvalue weighted by Crippen LogP contribution is -2.30. The maximum Gasteiger partial charge on any atom is 0.315 e. The number of methoxy groups -OCH3 is 1. The van der Waals surface area contributed by atoms with E-state index < -0.39 is 5.97 Å². The third kappa shape index (κ3) is 4.73. The highest BCUT2D eigenvalue weighted by atomic mass is 16.5. The number of carbonyl (C=O) groups is 2. The van der Waals surface area contributed by atoms with Crippen molar-refractivity contribution in [1.82, 2.24) is 4.90 Å². The lowest BCUT2D eigenvalue weighted by molar-refractivity contribution is -0.146. The highest BCUT2D eigenvalue weighted by Crippen LogP contribution is 2.11. The van der Waals surface area contributed by atoms with Gasteiger partial charge < -0.3 is 9.64 Å². The van der Waals surface area contributed by atoms with E-state index in [-0.39, 0.29) is 12.3 Å². The number of hydrogen-bond acceptors (Lipinski definition) is 3. The van der Waals surface area contributed by atoms with E-state index in [0.717, 1.165) is 6.42 Å². The summed E-state index contributed by atoms with van der Waals surface area (Å²) in [5.74, 6) is -0.708. The molecule has 4 heteroatoms. The number of hydrogen-bond donors (Lipinski definition) is 0. The number of amides is 1. The molecule has 0 aromatic heterocycles. The van der Waals surface area contributed by atoms with Gasteiger partial charge in [-0.2, -0.15) is 0 Å². The first kappa shape index (κ1) is 15.2. The molecule has 19 heavy (non-hydrogen) atoms. The third-order valence-corrected chi connectivity index (χ3v) is 3.17. The fourth-order valence-corrected chi connectivity index (χ4v) is 1.81. The molecule has 0 spiro atoms. The molecule has 4 nitrogen and oxygen atoms in total. The van der Waals surface area contributed by atoms with Gasteiger partial charge in [-0.3, -0.25) is 9.59 Å². The summed E-state index contributed by atoms with van der Waals surface area (Å²) in [4.78, 5) is 24.3. The van der Waals surface area contributed by atoms with Crippen LogP contribution in [0, 0.1) is 13.8 Å². The Morgan fingerprint density at radius 1 is 1.26 bits per heavy atom. The predicted molar refractivity (Wildman–Crippen MR) is 73.9 cm³/mol. The van der Waals surface area contributed by atoms with Crippen LogP contribution in [0.25, 0.3) is 0 Å². The van der Waals surface area contributed by atoms with Crippen LogP contribution in [-0.4, -0.2) is 37.5 Å². The Labute approximate surface area is 114 Å². The van der Waals surface area contributed by atoms with E-state index in [1.165, 1.54) is 23.8 Å². The summed E-state index contributed by atoms with van der Waals surface area (Å²) in [5, 5.41) is 0. The molecule has 0 bridgehead atoms. The Bertz CT molecular complexity index is 468. The van der Waals surface area contributed by atoms with E-state index in [1.54, 1.807) is 11.9 Å². The second kappa shape index (κ2) is 6.92. The molecule has 1 aromatic carbocycles. The molecule has 104 valence electrons. The average Bonchev–Trinajstić information content (AvgIpc) is 2.39. The number of rotatable bonds is 5. The molecule has 0 heterocycles. The minimum Gasteiger partial charge on any atom is -0.469 e. The lowest BCUT2D eigenvalue weighted by Gasteiger charge is -2.17. The van der Waals surface area contributed by atoms with Crippen LogP contribution in [0.2, 0.25) is 0 Å². The van der Waals surface area contributed by atoms with E-state index in [9.17, 15) is 9.59 Å². The molecule has 0 aliphatic carbocycles.